The van der Waals surface area contributed by atoms with Gasteiger partial charge in [0.15, 0.2) is 0 Å². The van der Waals surface area contributed by atoms with E-state index in [0.717, 1.165) is 15.8 Å². The average molecular weight is 1520 g/mol. The average Bonchev–Trinajstić information content (AvgIpc) is 1.76. The zero-order valence-electron chi connectivity index (χ0n) is 62.9. The van der Waals surface area contributed by atoms with Gasteiger partial charge in [-0.05, 0) is 124 Å². The normalized spacial score (nSPS) is 18.2. The quantitative estimate of drug-likeness (QED) is 0.0283. The number of fused-ring (bicyclic) bond motifs is 1. The maximum atomic E-state index is 14.8. The lowest BCUT2D eigenvalue weighted by atomic mass is 9.99. The van der Waals surface area contributed by atoms with E-state index in [9.17, 15) is 82.4 Å². The summed E-state index contributed by atoms with van der Waals surface area (Å²) in [4.78, 5) is 207. The largest absolute Gasteiger partial charge is 0.508 e. The Kier molecular flexibility index (Phi) is 31.9. The van der Waals surface area contributed by atoms with E-state index in [2.05, 4.69) is 68.5 Å². The summed E-state index contributed by atoms with van der Waals surface area (Å²) in [6, 6.07) is 4.46. The second-order valence-electron chi connectivity index (χ2n) is 29.3. The number of aromatic amines is 1. The number of aromatic nitrogens is 1. The second-order valence-corrected chi connectivity index (χ2v) is 29.3. The number of phenolic OH excluding ortho intramolecular Hbond substituents is 1. The Morgan fingerprint density at radius 2 is 1.04 bits per heavy atom. The number of carbonyl (C=O) groups excluding carboxylic acids is 12. The lowest BCUT2D eigenvalue weighted by Gasteiger charge is -2.32. The van der Waals surface area contributed by atoms with Gasteiger partial charge in [0.1, 0.15) is 72.2 Å². The predicted molar refractivity (Wildman–Crippen MR) is 401 cm³/mol. The highest BCUT2D eigenvalue weighted by Gasteiger charge is 2.43. The van der Waals surface area contributed by atoms with E-state index in [1.807, 2.05) is 38.1 Å². The molecule has 109 heavy (non-hydrogen) atoms. The molecule has 13 unspecified atom stereocenters. The van der Waals surface area contributed by atoms with Crippen LogP contribution in [0.3, 0.4) is 0 Å². The highest BCUT2D eigenvalue weighted by atomic mass is 16.4. The van der Waals surface area contributed by atoms with Gasteiger partial charge in [0.05, 0.1) is 18.4 Å². The van der Waals surface area contributed by atoms with Crippen molar-refractivity contribution in [2.24, 2.45) is 28.5 Å². The van der Waals surface area contributed by atoms with Gasteiger partial charge in [-0.25, -0.2) is 4.79 Å². The number of aliphatic imine (C=N–C) groups is 1. The molecule has 3 aliphatic rings. The first kappa shape index (κ1) is 85.3. The number of rotatable bonds is 40. The summed E-state index contributed by atoms with van der Waals surface area (Å²) in [7, 11) is 1.67. The first-order valence-corrected chi connectivity index (χ1v) is 37.2. The molecule has 4 aromatic rings. The number of nitrogens with zero attached hydrogens (tertiary/aromatic N) is 3. The van der Waals surface area contributed by atoms with Crippen LogP contribution in [0.25, 0.3) is 10.9 Å². The number of carbonyl (C=O) groups is 14. The fraction of sp³-hybridized carbons (Fsp3) is 0.539. The number of likely N-dealkylation sites (tertiary alicyclic amines) is 2. The Morgan fingerprint density at radius 3 is 1.61 bits per heavy atom. The molecule has 13 atom stereocenters. The van der Waals surface area contributed by atoms with Crippen LogP contribution in [0.4, 0.5) is 0 Å². The van der Waals surface area contributed by atoms with E-state index in [0.29, 0.717) is 36.1 Å². The van der Waals surface area contributed by atoms with Crippen LogP contribution in [0.2, 0.25) is 0 Å². The van der Waals surface area contributed by atoms with Crippen molar-refractivity contribution in [3.63, 3.8) is 0 Å². The molecule has 0 radical (unpaired) electrons. The van der Waals surface area contributed by atoms with Gasteiger partial charge in [0.25, 0.3) is 0 Å². The lowest BCUT2D eigenvalue weighted by Crippen LogP contribution is -2.62. The summed E-state index contributed by atoms with van der Waals surface area (Å²) < 4.78 is 0. The number of hydrogen-bond acceptors (Lipinski definition) is 18. The van der Waals surface area contributed by atoms with Crippen LogP contribution in [0.1, 0.15) is 136 Å². The highest BCUT2D eigenvalue weighted by molar-refractivity contribution is 6.00. The van der Waals surface area contributed by atoms with Crippen LogP contribution < -0.4 is 64.2 Å². The number of H-pyrrole nitrogens is 1. The van der Waals surface area contributed by atoms with Crippen LogP contribution >= 0.6 is 0 Å². The number of nitrogens with two attached hydrogens (primary N) is 1. The van der Waals surface area contributed by atoms with Gasteiger partial charge in [-0.1, -0.05) is 102 Å². The van der Waals surface area contributed by atoms with Gasteiger partial charge in [-0.15, -0.1) is 0 Å². The summed E-state index contributed by atoms with van der Waals surface area (Å²) in [5.74, 6) is -13.1. The predicted octanol–water partition coefficient (Wildman–Crippen LogP) is 0.208. The number of carboxylic acids is 2. The number of carboxylic acid groups (broad SMARTS) is 2. The third kappa shape index (κ3) is 25.0. The maximum absolute atomic E-state index is 14.8. The van der Waals surface area contributed by atoms with E-state index >= 15 is 0 Å². The number of aromatic hydroxyl groups is 1. The first-order chi connectivity index (χ1) is 51.8. The van der Waals surface area contributed by atoms with Crippen LogP contribution in [0.5, 0.6) is 5.75 Å². The maximum Gasteiger partial charge on any atom is 0.326 e. The molecule has 17 N–H and O–H groups in total. The van der Waals surface area contributed by atoms with Crippen LogP contribution in [-0.2, 0) is 86.4 Å². The zero-order valence-corrected chi connectivity index (χ0v) is 62.9. The number of benzene rings is 3. The Balaban J connectivity index is 1.07. The van der Waals surface area contributed by atoms with Gasteiger partial charge in [-0.3, -0.25) is 67.3 Å². The summed E-state index contributed by atoms with van der Waals surface area (Å²) in [6.07, 6.45) is 1.95. The van der Waals surface area contributed by atoms with Crippen LogP contribution in [0, 0.1) is 17.8 Å². The summed E-state index contributed by atoms with van der Waals surface area (Å²) in [5.41, 5.74) is 7.97. The smallest absolute Gasteiger partial charge is 0.326 e. The number of para-hydroxylation sites is 1. The van der Waals surface area contributed by atoms with Crippen LogP contribution in [0.15, 0.2) is 90.1 Å². The molecule has 33 nitrogen and oxygen atoms in total. The fourth-order valence-electron chi connectivity index (χ4n) is 13.7. The summed E-state index contributed by atoms with van der Waals surface area (Å²) in [6.45, 7) is 12.7. The molecule has 2 saturated heterocycles. The van der Waals surface area contributed by atoms with E-state index in [1.165, 1.54) is 42.4 Å². The number of primary amides is 1. The molecule has 0 aliphatic carbocycles. The monoisotopic (exact) mass is 1510 g/mol. The number of likely N-dealkylation sites (N-methyl/N-ethyl adjacent to an activating group) is 1. The van der Waals surface area contributed by atoms with Crippen molar-refractivity contribution in [2.45, 2.75) is 217 Å². The third-order valence-corrected chi connectivity index (χ3v) is 19.5. The number of nitrogens with one attached hydrogen (secondary N) is 12. The van der Waals surface area contributed by atoms with E-state index in [-0.39, 0.29) is 93.9 Å². The first-order valence-electron chi connectivity index (χ1n) is 37.2. The Labute approximate surface area is 632 Å². The molecule has 4 heterocycles. The highest BCUT2D eigenvalue weighted by Crippen LogP contribution is 2.25. The molecule has 1 aromatic heterocycles. The molecule has 0 spiro atoms. The van der Waals surface area contributed by atoms with Crippen molar-refractivity contribution in [3.8, 4) is 5.75 Å². The Bertz CT molecular complexity index is 3910. The van der Waals surface area contributed by atoms with Crippen molar-refractivity contribution < 1.29 is 82.4 Å². The van der Waals surface area contributed by atoms with Gasteiger partial charge >= 0.3 is 11.9 Å². The molecule has 3 aromatic carbocycles. The minimum atomic E-state index is -1.66. The number of aliphatic carboxylic acids is 2. The van der Waals surface area contributed by atoms with E-state index in [4.69, 9.17) is 5.73 Å². The van der Waals surface area contributed by atoms with Gasteiger partial charge in [-0.2, -0.15) is 0 Å². The Hall–Kier alpha value is -11.0. The minimum Gasteiger partial charge on any atom is -0.508 e. The number of phenols is 1. The lowest BCUT2D eigenvalue weighted by molar-refractivity contribution is -0.143. The van der Waals surface area contributed by atoms with Crippen molar-refractivity contribution >= 4 is 100 Å². The summed E-state index contributed by atoms with van der Waals surface area (Å²) >= 11 is 0. The molecule has 12 amide bonds. The van der Waals surface area contributed by atoms with Gasteiger partial charge in [0.2, 0.25) is 70.9 Å². The van der Waals surface area contributed by atoms with Crippen LogP contribution in [-0.4, -0.2) is 224 Å². The molecule has 3 aliphatic heterocycles. The fourth-order valence-corrected chi connectivity index (χ4v) is 13.7. The zero-order chi connectivity index (χ0) is 79.8. The van der Waals surface area contributed by atoms with Crippen molar-refractivity contribution in [1.29, 1.82) is 0 Å². The molecular weight excluding hydrogens is 1410 g/mol. The molecule has 33 heteroatoms. The number of amides is 12. The standard InChI is InChI=1S/C76H106N16O17/c1-41(2)34-54(86-70(102)57(38-47-39-80-50-19-13-12-18-49(47)50)87-72(104)60-21-15-33-92(60)75(107)63(78-8)43(5)6)67(99)84-53(27-29-62(95)96)74(106)91-32-14-20-59(91)71(103)82-44(7)65(97)85-55(37-46-22-24-48(93)25-23-46)68(100)83-52(26-28-61(77)94)66(98)90-64(51-30-31-79-40-81-51)73(105)88-56(36-45-16-10-9-11-17-45)69(101)89-58(76(108)109)35-42(3)4/h9-13,16-19,22-25,39-44,51-60,63-64,78,80,93H,14-15,20-21,26-38H2,1-8H3,(H2,77,94)(H,79,81)(H,82,103)(H,83,100)(H,84,99)(H,85,97)(H,86,102)(H,87,104)(H,88,105)(H,89,101)(H,90,98)(H,95,96)(H,108,109). The molecule has 2 fully saturated rings. The SMILES string of the molecule is CNC(C(=O)N1CCCC1C(=O)NC(Cc1c[nH]c2ccccc12)C(=O)NC(CC(C)C)C(=O)NC(CCC(=O)O)C(=O)N1CCCC1C(=O)NC(C)C(=O)NC(Cc1ccc(O)cc1)C(=O)NC(CCC(N)=O)C(=O)NC(C(=O)NC(Cc1ccccc1)C(=O)NC(CC(C)C)C(=O)O)C1CCNC=N1)C(C)C. The van der Waals surface area contributed by atoms with E-state index < -0.39 is 181 Å². The Morgan fingerprint density at radius 1 is 0.532 bits per heavy atom. The molecule has 7 rings (SSSR count). The van der Waals surface area contributed by atoms with Crippen molar-refractivity contribution in [3.05, 3.63) is 102 Å². The van der Waals surface area contributed by atoms with E-state index in [1.54, 1.807) is 71.3 Å². The minimum absolute atomic E-state index is 0.00301. The second kappa shape index (κ2) is 40.8. The van der Waals surface area contributed by atoms with Gasteiger partial charge < -0.3 is 94.3 Å². The molecule has 0 saturated carbocycles. The summed E-state index contributed by atoms with van der Waals surface area (Å²) in [5, 5.41) is 60.8. The molecular formula is C76H106N16O17. The third-order valence-electron chi connectivity index (χ3n) is 19.5. The number of hydrogen-bond donors (Lipinski definition) is 16. The topological polar surface area (TPSA) is 493 Å². The van der Waals surface area contributed by atoms with Crippen molar-refractivity contribution in [1.82, 2.24) is 73.3 Å². The van der Waals surface area contributed by atoms with Gasteiger partial charge in [0, 0.05) is 68.8 Å². The van der Waals surface area contributed by atoms with Crippen molar-refractivity contribution in [2.75, 3.05) is 26.7 Å². The molecule has 0 bridgehead atoms. The molecule has 592 valence electrons.